The molecule has 5 aromatic rings. The van der Waals surface area contributed by atoms with Crippen molar-refractivity contribution >= 4 is 44.2 Å². The molecule has 1 amide bonds. The fourth-order valence-electron chi connectivity index (χ4n) is 3.90. The molecule has 0 fully saturated rings. The van der Waals surface area contributed by atoms with Crippen molar-refractivity contribution < 1.29 is 19.8 Å². The number of aromatic nitrogens is 1. The van der Waals surface area contributed by atoms with Crippen LogP contribution in [-0.4, -0.2) is 27.1 Å². The highest BCUT2D eigenvalue weighted by atomic mass is 32.1. The van der Waals surface area contributed by atoms with Gasteiger partial charge in [0.2, 0.25) is 0 Å². The Morgan fingerprint density at radius 1 is 0.853 bits per heavy atom. The second-order valence-corrected chi connectivity index (χ2v) is 8.95. The van der Waals surface area contributed by atoms with Gasteiger partial charge in [-0.15, -0.1) is 11.3 Å². The second kappa shape index (κ2) is 8.96. The highest BCUT2D eigenvalue weighted by Gasteiger charge is 2.11. The minimum absolute atomic E-state index is 0.157. The summed E-state index contributed by atoms with van der Waals surface area (Å²) in [4.78, 5) is 28.1. The number of nitrogens with one attached hydrogen (secondary N) is 1. The average molecular weight is 469 g/mol. The van der Waals surface area contributed by atoms with Crippen LogP contribution in [-0.2, 0) is 13.0 Å². The Kier molecular flexibility index (Phi) is 5.69. The van der Waals surface area contributed by atoms with Gasteiger partial charge in [-0.3, -0.25) is 4.79 Å². The number of phenolic OH excluding ortho intramolecular Hbond substituents is 1. The summed E-state index contributed by atoms with van der Waals surface area (Å²) in [6, 6.07) is 21.4. The zero-order valence-corrected chi connectivity index (χ0v) is 18.8. The SMILES string of the molecule is O=C(O)c1ccc(Cc2cc3cc(C(=O)NCc4ccc5scnc5c4)ccc3cc2O)cc1. The fraction of sp³-hybridized carbons (Fsp3) is 0.0741. The van der Waals surface area contributed by atoms with Crippen molar-refractivity contribution in [3.63, 3.8) is 0 Å². The van der Waals surface area contributed by atoms with Crippen molar-refractivity contribution in [2.75, 3.05) is 0 Å². The van der Waals surface area contributed by atoms with Gasteiger partial charge >= 0.3 is 5.97 Å². The number of hydrogen-bond donors (Lipinski definition) is 3. The first-order chi connectivity index (χ1) is 16.5. The van der Waals surface area contributed by atoms with Crippen molar-refractivity contribution in [2.24, 2.45) is 0 Å². The van der Waals surface area contributed by atoms with E-state index in [1.807, 2.05) is 36.4 Å². The molecule has 0 aliphatic rings. The van der Waals surface area contributed by atoms with Gasteiger partial charge in [0.1, 0.15) is 5.75 Å². The number of carbonyl (C=O) groups excluding carboxylic acids is 1. The van der Waals surface area contributed by atoms with E-state index in [4.69, 9.17) is 5.11 Å². The summed E-state index contributed by atoms with van der Waals surface area (Å²) in [6.07, 6.45) is 0.442. The molecule has 7 heteroatoms. The molecule has 0 unspecified atom stereocenters. The highest BCUT2D eigenvalue weighted by molar-refractivity contribution is 7.16. The van der Waals surface area contributed by atoms with Crippen LogP contribution in [0.4, 0.5) is 0 Å². The normalized spacial score (nSPS) is 11.1. The summed E-state index contributed by atoms with van der Waals surface area (Å²) in [6.45, 7) is 0.400. The number of amides is 1. The Morgan fingerprint density at radius 2 is 1.62 bits per heavy atom. The molecule has 168 valence electrons. The van der Waals surface area contributed by atoms with Crippen LogP contribution in [0.5, 0.6) is 5.75 Å². The Hall–Kier alpha value is -4.23. The number of nitrogens with zero attached hydrogens (tertiary/aromatic N) is 1. The largest absolute Gasteiger partial charge is 0.508 e. The van der Waals surface area contributed by atoms with Crippen LogP contribution in [0.2, 0.25) is 0 Å². The molecule has 0 saturated heterocycles. The van der Waals surface area contributed by atoms with Crippen molar-refractivity contribution in [1.82, 2.24) is 10.3 Å². The van der Waals surface area contributed by atoms with Crippen LogP contribution < -0.4 is 5.32 Å². The van der Waals surface area contributed by atoms with Crippen LogP contribution in [0.3, 0.4) is 0 Å². The number of carbonyl (C=O) groups is 2. The summed E-state index contributed by atoms with van der Waals surface area (Å²) in [7, 11) is 0. The third-order valence-corrected chi connectivity index (χ3v) is 6.55. The molecule has 34 heavy (non-hydrogen) atoms. The van der Waals surface area contributed by atoms with E-state index in [0.717, 1.165) is 32.1 Å². The fourth-order valence-corrected chi connectivity index (χ4v) is 4.56. The van der Waals surface area contributed by atoms with Gasteiger partial charge in [0.25, 0.3) is 5.91 Å². The molecule has 0 saturated carbocycles. The minimum Gasteiger partial charge on any atom is -0.508 e. The van der Waals surface area contributed by atoms with E-state index < -0.39 is 5.97 Å². The highest BCUT2D eigenvalue weighted by Crippen LogP contribution is 2.28. The van der Waals surface area contributed by atoms with E-state index in [1.165, 1.54) is 0 Å². The first kappa shape index (κ1) is 21.6. The van der Waals surface area contributed by atoms with Gasteiger partial charge in [-0.2, -0.15) is 0 Å². The molecule has 4 aromatic carbocycles. The van der Waals surface area contributed by atoms with Gasteiger partial charge in [0.05, 0.1) is 21.3 Å². The van der Waals surface area contributed by atoms with Crippen LogP contribution in [0.15, 0.2) is 78.3 Å². The number of fused-ring (bicyclic) bond motifs is 2. The molecular weight excluding hydrogens is 448 g/mol. The molecule has 5 rings (SSSR count). The number of thiazole rings is 1. The smallest absolute Gasteiger partial charge is 0.335 e. The Bertz CT molecular complexity index is 1540. The molecule has 0 radical (unpaired) electrons. The van der Waals surface area contributed by atoms with E-state index in [0.29, 0.717) is 24.1 Å². The molecule has 1 heterocycles. The monoisotopic (exact) mass is 468 g/mol. The van der Waals surface area contributed by atoms with Crippen LogP contribution >= 0.6 is 11.3 Å². The summed E-state index contributed by atoms with van der Waals surface area (Å²) < 4.78 is 1.11. The van der Waals surface area contributed by atoms with E-state index in [9.17, 15) is 14.7 Å². The van der Waals surface area contributed by atoms with E-state index in [-0.39, 0.29) is 17.2 Å². The van der Waals surface area contributed by atoms with Crippen molar-refractivity contribution in [1.29, 1.82) is 0 Å². The topological polar surface area (TPSA) is 99.5 Å². The molecule has 0 bridgehead atoms. The Labute approximate surface area is 199 Å². The number of carboxylic acids is 1. The third kappa shape index (κ3) is 4.46. The number of hydrogen-bond acceptors (Lipinski definition) is 5. The third-order valence-electron chi connectivity index (χ3n) is 5.74. The number of benzene rings is 4. The number of aromatic carboxylic acids is 1. The zero-order valence-electron chi connectivity index (χ0n) is 18.0. The second-order valence-electron chi connectivity index (χ2n) is 8.06. The van der Waals surface area contributed by atoms with Gasteiger partial charge in [-0.25, -0.2) is 9.78 Å². The molecule has 1 aromatic heterocycles. The lowest BCUT2D eigenvalue weighted by Crippen LogP contribution is -2.22. The molecular formula is C27H20N2O4S. The maximum Gasteiger partial charge on any atom is 0.335 e. The van der Waals surface area contributed by atoms with Gasteiger partial charge in [0.15, 0.2) is 0 Å². The summed E-state index contributed by atoms with van der Waals surface area (Å²) >= 11 is 1.58. The van der Waals surface area contributed by atoms with Crippen molar-refractivity contribution in [3.8, 4) is 5.75 Å². The predicted octanol–water partition coefficient (Wildman–Crippen LogP) is 5.37. The Balaban J connectivity index is 1.34. The predicted molar refractivity (Wildman–Crippen MR) is 133 cm³/mol. The van der Waals surface area contributed by atoms with E-state index in [1.54, 1.807) is 53.2 Å². The summed E-state index contributed by atoms with van der Waals surface area (Å²) in [5.41, 5.74) is 6.04. The van der Waals surface area contributed by atoms with E-state index in [2.05, 4.69) is 10.3 Å². The van der Waals surface area contributed by atoms with Crippen LogP contribution in [0.1, 0.15) is 37.4 Å². The van der Waals surface area contributed by atoms with Gasteiger partial charge in [-0.05, 0) is 76.0 Å². The Morgan fingerprint density at radius 3 is 2.41 bits per heavy atom. The van der Waals surface area contributed by atoms with Crippen molar-refractivity contribution in [2.45, 2.75) is 13.0 Å². The molecule has 3 N–H and O–H groups in total. The van der Waals surface area contributed by atoms with Gasteiger partial charge < -0.3 is 15.5 Å². The van der Waals surface area contributed by atoms with E-state index >= 15 is 0 Å². The quantitative estimate of drug-likeness (QED) is 0.311. The average Bonchev–Trinajstić information content (AvgIpc) is 3.31. The maximum atomic E-state index is 12.8. The van der Waals surface area contributed by atoms with Crippen molar-refractivity contribution in [3.05, 3.63) is 106 Å². The standard InChI is InChI=1S/C27H20N2O4S/c30-24-13-19-6-7-20(26(31)28-14-17-3-8-25-23(10-17)29-15-34-25)11-21(19)12-22(24)9-16-1-4-18(5-2-16)27(32)33/h1-8,10-13,15,30H,9,14H2,(H,28,31)(H,32,33). The number of phenols is 1. The summed E-state index contributed by atoms with van der Waals surface area (Å²) in [5, 5.41) is 24.2. The number of carboxylic acid groups (broad SMARTS) is 1. The van der Waals surface area contributed by atoms with Gasteiger partial charge in [0, 0.05) is 18.5 Å². The molecule has 6 nitrogen and oxygen atoms in total. The minimum atomic E-state index is -0.977. The lowest BCUT2D eigenvalue weighted by atomic mass is 9.98. The maximum absolute atomic E-state index is 12.8. The van der Waals surface area contributed by atoms with Crippen LogP contribution in [0.25, 0.3) is 21.0 Å². The van der Waals surface area contributed by atoms with Crippen LogP contribution in [0, 0.1) is 0 Å². The molecule has 0 aliphatic heterocycles. The first-order valence-electron chi connectivity index (χ1n) is 10.6. The van der Waals surface area contributed by atoms with Gasteiger partial charge in [-0.1, -0.05) is 24.3 Å². The molecule has 0 atom stereocenters. The molecule has 0 aliphatic carbocycles. The number of rotatable bonds is 6. The lowest BCUT2D eigenvalue weighted by Gasteiger charge is -2.10. The zero-order chi connectivity index (χ0) is 23.7. The number of aromatic hydroxyl groups is 1. The molecule has 0 spiro atoms. The first-order valence-corrected chi connectivity index (χ1v) is 11.5. The summed E-state index contributed by atoms with van der Waals surface area (Å²) in [5.74, 6) is -1.00. The lowest BCUT2D eigenvalue weighted by molar-refractivity contribution is 0.0696.